The third-order valence-corrected chi connectivity index (χ3v) is 4.59. The summed E-state index contributed by atoms with van der Waals surface area (Å²) in [5.74, 6) is -0.134. The lowest BCUT2D eigenvalue weighted by atomic mass is 10.1. The minimum atomic E-state index is -0.500. The summed E-state index contributed by atoms with van der Waals surface area (Å²) in [6.07, 6.45) is 3.24. The molecule has 1 fully saturated rings. The SMILES string of the molecule is Cc1ccc(CNC(=O)CC2S/C(=N\c3ncccn3)NC2=O)cc1. The van der Waals surface area contributed by atoms with Crippen LogP contribution in [0, 0.1) is 6.92 Å². The second kappa shape index (κ2) is 7.89. The molecule has 1 aromatic carbocycles. The fraction of sp³-hybridized carbons (Fsp3) is 0.235. The van der Waals surface area contributed by atoms with Crippen molar-refractivity contribution in [3.8, 4) is 0 Å². The fourth-order valence-corrected chi connectivity index (χ4v) is 3.14. The monoisotopic (exact) mass is 355 g/mol. The number of amides is 2. The van der Waals surface area contributed by atoms with Crippen LogP contribution in [0.15, 0.2) is 47.7 Å². The van der Waals surface area contributed by atoms with E-state index in [2.05, 4.69) is 25.6 Å². The molecule has 3 rings (SSSR count). The number of benzene rings is 1. The van der Waals surface area contributed by atoms with E-state index in [4.69, 9.17) is 0 Å². The highest BCUT2D eigenvalue weighted by molar-refractivity contribution is 8.15. The van der Waals surface area contributed by atoms with Crippen LogP contribution in [0.1, 0.15) is 17.5 Å². The second-order valence-corrected chi connectivity index (χ2v) is 6.72. The summed E-state index contributed by atoms with van der Waals surface area (Å²) in [5.41, 5.74) is 2.19. The highest BCUT2D eigenvalue weighted by Gasteiger charge is 2.32. The lowest BCUT2D eigenvalue weighted by molar-refractivity contribution is -0.125. The number of amidine groups is 1. The molecule has 2 aromatic rings. The van der Waals surface area contributed by atoms with Gasteiger partial charge in [-0.2, -0.15) is 4.99 Å². The number of thioether (sulfide) groups is 1. The zero-order valence-electron chi connectivity index (χ0n) is 13.6. The summed E-state index contributed by atoms with van der Waals surface area (Å²) in [7, 11) is 0. The molecule has 2 N–H and O–H groups in total. The van der Waals surface area contributed by atoms with E-state index in [0.29, 0.717) is 11.7 Å². The molecular weight excluding hydrogens is 338 g/mol. The van der Waals surface area contributed by atoms with Crippen molar-refractivity contribution in [3.63, 3.8) is 0 Å². The number of nitrogens with zero attached hydrogens (tertiary/aromatic N) is 3. The van der Waals surface area contributed by atoms with Gasteiger partial charge < -0.3 is 10.6 Å². The van der Waals surface area contributed by atoms with Gasteiger partial charge in [-0.1, -0.05) is 41.6 Å². The van der Waals surface area contributed by atoms with Crippen molar-refractivity contribution in [2.75, 3.05) is 0 Å². The Morgan fingerprint density at radius 2 is 2.00 bits per heavy atom. The number of aryl methyl sites for hydroxylation is 1. The molecule has 0 bridgehead atoms. The number of hydrogen-bond donors (Lipinski definition) is 2. The van der Waals surface area contributed by atoms with E-state index in [1.165, 1.54) is 17.3 Å². The van der Waals surface area contributed by atoms with Crippen molar-refractivity contribution in [1.29, 1.82) is 0 Å². The van der Waals surface area contributed by atoms with Gasteiger partial charge in [0, 0.05) is 25.4 Å². The van der Waals surface area contributed by atoms with Crippen molar-refractivity contribution in [3.05, 3.63) is 53.9 Å². The third kappa shape index (κ3) is 4.87. The summed E-state index contributed by atoms with van der Waals surface area (Å²) in [6.45, 7) is 2.45. The van der Waals surface area contributed by atoms with Crippen molar-refractivity contribution in [2.24, 2.45) is 4.99 Å². The Morgan fingerprint density at radius 1 is 1.28 bits per heavy atom. The Labute approximate surface area is 149 Å². The first-order valence-corrected chi connectivity index (χ1v) is 8.63. The predicted octanol–water partition coefficient (Wildman–Crippen LogP) is 1.71. The van der Waals surface area contributed by atoms with Crippen LogP contribution < -0.4 is 10.6 Å². The van der Waals surface area contributed by atoms with E-state index in [0.717, 1.165) is 5.56 Å². The molecule has 1 unspecified atom stereocenters. The van der Waals surface area contributed by atoms with Gasteiger partial charge in [-0.25, -0.2) is 9.97 Å². The van der Waals surface area contributed by atoms with Gasteiger partial charge in [0.05, 0.1) is 0 Å². The standard InChI is InChI=1S/C17H17N5O2S/c1-11-3-5-12(6-4-11)10-20-14(23)9-13-15(24)21-17(25-13)22-16-18-7-2-8-19-16/h2-8,13H,9-10H2,1H3,(H,20,23)(H,18,19,21,22,24). The number of aromatic nitrogens is 2. The molecule has 1 aromatic heterocycles. The van der Waals surface area contributed by atoms with E-state index in [1.807, 2.05) is 31.2 Å². The smallest absolute Gasteiger partial charge is 0.251 e. The summed E-state index contributed by atoms with van der Waals surface area (Å²) in [4.78, 5) is 36.2. The fourth-order valence-electron chi connectivity index (χ4n) is 2.18. The molecule has 0 radical (unpaired) electrons. The quantitative estimate of drug-likeness (QED) is 0.851. The Kier molecular flexibility index (Phi) is 5.39. The highest BCUT2D eigenvalue weighted by Crippen LogP contribution is 2.23. The molecule has 7 nitrogen and oxygen atoms in total. The maximum Gasteiger partial charge on any atom is 0.251 e. The van der Waals surface area contributed by atoms with Gasteiger partial charge in [-0.15, -0.1) is 0 Å². The molecule has 1 atom stereocenters. The average Bonchev–Trinajstić information content (AvgIpc) is 2.94. The molecule has 25 heavy (non-hydrogen) atoms. The summed E-state index contributed by atoms with van der Waals surface area (Å²) >= 11 is 1.21. The molecule has 2 amide bonds. The van der Waals surface area contributed by atoms with Crippen LogP contribution in [-0.4, -0.2) is 32.2 Å². The third-order valence-electron chi connectivity index (χ3n) is 3.51. The lowest BCUT2D eigenvalue weighted by Crippen LogP contribution is -2.31. The van der Waals surface area contributed by atoms with Crippen LogP contribution in [0.5, 0.6) is 0 Å². The highest BCUT2D eigenvalue weighted by atomic mass is 32.2. The number of nitrogens with one attached hydrogen (secondary N) is 2. The van der Waals surface area contributed by atoms with Gasteiger partial charge in [-0.3, -0.25) is 9.59 Å². The van der Waals surface area contributed by atoms with E-state index in [-0.39, 0.29) is 24.2 Å². The van der Waals surface area contributed by atoms with Crippen molar-refractivity contribution >= 4 is 34.7 Å². The Hall–Kier alpha value is -2.74. The molecule has 0 saturated carbocycles. The van der Waals surface area contributed by atoms with Crippen molar-refractivity contribution in [1.82, 2.24) is 20.6 Å². The summed E-state index contributed by atoms with van der Waals surface area (Å²) < 4.78 is 0. The van der Waals surface area contributed by atoms with E-state index < -0.39 is 5.25 Å². The number of aliphatic imine (C=N–C) groups is 1. The Morgan fingerprint density at radius 3 is 2.72 bits per heavy atom. The van der Waals surface area contributed by atoms with Gasteiger partial charge in [0.1, 0.15) is 5.25 Å². The van der Waals surface area contributed by atoms with Crippen LogP contribution in [0.2, 0.25) is 0 Å². The maximum atomic E-state index is 12.1. The second-order valence-electron chi connectivity index (χ2n) is 5.53. The van der Waals surface area contributed by atoms with Crippen LogP contribution >= 0.6 is 11.8 Å². The molecule has 1 aliphatic heterocycles. The van der Waals surface area contributed by atoms with Gasteiger partial charge in [0.25, 0.3) is 5.95 Å². The molecule has 1 aliphatic rings. The Balaban J connectivity index is 1.52. The van der Waals surface area contributed by atoms with Crippen LogP contribution in [0.25, 0.3) is 0 Å². The van der Waals surface area contributed by atoms with E-state index in [1.54, 1.807) is 18.5 Å². The number of rotatable bonds is 5. The van der Waals surface area contributed by atoms with Gasteiger partial charge in [-0.05, 0) is 18.6 Å². The zero-order chi connectivity index (χ0) is 17.6. The van der Waals surface area contributed by atoms with E-state index >= 15 is 0 Å². The van der Waals surface area contributed by atoms with Gasteiger partial charge in [0.2, 0.25) is 11.8 Å². The number of hydrogen-bond acceptors (Lipinski definition) is 6. The Bertz CT molecular complexity index is 792. The maximum absolute atomic E-state index is 12.1. The van der Waals surface area contributed by atoms with Crippen LogP contribution in [0.4, 0.5) is 5.95 Å². The predicted molar refractivity (Wildman–Crippen MR) is 96.3 cm³/mol. The summed E-state index contributed by atoms with van der Waals surface area (Å²) in [5, 5.41) is 5.40. The van der Waals surface area contributed by atoms with E-state index in [9.17, 15) is 9.59 Å². The minimum absolute atomic E-state index is 0.0943. The summed E-state index contributed by atoms with van der Waals surface area (Å²) in [6, 6.07) is 9.62. The largest absolute Gasteiger partial charge is 0.352 e. The van der Waals surface area contributed by atoms with Crippen molar-refractivity contribution < 1.29 is 9.59 Å². The topological polar surface area (TPSA) is 96.3 Å². The molecule has 2 heterocycles. The number of carbonyl (C=O) groups excluding carboxylic acids is 2. The molecule has 128 valence electrons. The van der Waals surface area contributed by atoms with Gasteiger partial charge >= 0.3 is 0 Å². The first-order valence-electron chi connectivity index (χ1n) is 7.75. The average molecular weight is 355 g/mol. The zero-order valence-corrected chi connectivity index (χ0v) is 14.4. The lowest BCUT2D eigenvalue weighted by Gasteiger charge is -2.07. The number of carbonyl (C=O) groups is 2. The molecular formula is C17H17N5O2S. The molecule has 8 heteroatoms. The first kappa shape index (κ1) is 17.1. The minimum Gasteiger partial charge on any atom is -0.352 e. The molecule has 0 spiro atoms. The van der Waals surface area contributed by atoms with Crippen molar-refractivity contribution in [2.45, 2.75) is 25.1 Å². The normalized spacial score (nSPS) is 18.2. The van der Waals surface area contributed by atoms with Gasteiger partial charge in [0.15, 0.2) is 5.17 Å². The van der Waals surface area contributed by atoms with Crippen LogP contribution in [0.3, 0.4) is 0 Å². The first-order chi connectivity index (χ1) is 12.1. The molecule has 0 aliphatic carbocycles. The molecule has 1 saturated heterocycles. The van der Waals surface area contributed by atoms with Crippen LogP contribution in [-0.2, 0) is 16.1 Å².